The van der Waals surface area contributed by atoms with Gasteiger partial charge < -0.3 is 10.1 Å². The molecule has 0 aliphatic heterocycles. The Bertz CT molecular complexity index is 571. The lowest BCUT2D eigenvalue weighted by Gasteiger charge is -2.20. The molecule has 0 saturated heterocycles. The van der Waals surface area contributed by atoms with E-state index < -0.39 is 5.97 Å². The molecule has 1 aliphatic rings. The van der Waals surface area contributed by atoms with E-state index in [4.69, 9.17) is 5.11 Å². The van der Waals surface area contributed by atoms with Gasteiger partial charge in [-0.05, 0) is 36.8 Å². The second-order valence-electron chi connectivity index (χ2n) is 4.83. The molecule has 0 fully saturated rings. The molecule has 0 amide bonds. The summed E-state index contributed by atoms with van der Waals surface area (Å²) in [7, 11) is 0. The fourth-order valence-electron chi connectivity index (χ4n) is 2.86. The van der Waals surface area contributed by atoms with Gasteiger partial charge in [-0.25, -0.2) is 0 Å². The van der Waals surface area contributed by atoms with Crippen LogP contribution in [0, 0.1) is 5.92 Å². The Morgan fingerprint density at radius 3 is 3.06 bits per heavy atom. The third-order valence-corrected chi connectivity index (χ3v) is 3.66. The largest absolute Gasteiger partial charge is 0.481 e. The molecule has 0 spiro atoms. The highest BCUT2D eigenvalue weighted by atomic mass is 16.4. The highest BCUT2D eigenvalue weighted by molar-refractivity contribution is 5.85. The lowest BCUT2D eigenvalue weighted by atomic mass is 9.84. The Kier molecular flexibility index (Phi) is 2.39. The van der Waals surface area contributed by atoms with Gasteiger partial charge in [-0.1, -0.05) is 18.2 Å². The average Bonchev–Trinajstić information content (AvgIpc) is 2.66. The number of rotatable bonds is 2. The molecular formula is C14H15NO2. The van der Waals surface area contributed by atoms with Crippen molar-refractivity contribution in [2.75, 3.05) is 0 Å². The first kappa shape index (κ1) is 10.4. The van der Waals surface area contributed by atoms with Crippen molar-refractivity contribution in [2.24, 2.45) is 5.92 Å². The number of nitrogens with one attached hydrogen (secondary N) is 1. The molecule has 1 aromatic carbocycles. The fraction of sp³-hybridized carbons (Fsp3) is 0.357. The minimum absolute atomic E-state index is 0.291. The van der Waals surface area contributed by atoms with Crippen LogP contribution in [0.2, 0.25) is 0 Å². The first-order valence-corrected chi connectivity index (χ1v) is 6.04. The number of aromatic amines is 1. The summed E-state index contributed by atoms with van der Waals surface area (Å²) in [4.78, 5) is 14.2. The van der Waals surface area contributed by atoms with Gasteiger partial charge in [0.05, 0.1) is 0 Å². The van der Waals surface area contributed by atoms with Gasteiger partial charge in [0.15, 0.2) is 0 Å². The van der Waals surface area contributed by atoms with Crippen molar-refractivity contribution >= 4 is 16.9 Å². The zero-order chi connectivity index (χ0) is 11.8. The van der Waals surface area contributed by atoms with Crippen LogP contribution in [-0.4, -0.2) is 16.1 Å². The number of carboxylic acid groups (broad SMARTS) is 1. The Hall–Kier alpha value is -1.77. The number of aryl methyl sites for hydroxylation is 1. The number of aliphatic carboxylic acids is 1. The Labute approximate surface area is 99.5 Å². The van der Waals surface area contributed by atoms with Gasteiger partial charge in [-0.15, -0.1) is 0 Å². The van der Waals surface area contributed by atoms with E-state index in [1.54, 1.807) is 0 Å². The molecule has 0 saturated carbocycles. The zero-order valence-electron chi connectivity index (χ0n) is 9.57. The average molecular weight is 229 g/mol. The van der Waals surface area contributed by atoms with Crippen molar-refractivity contribution in [3.05, 3.63) is 35.5 Å². The molecule has 88 valence electrons. The van der Waals surface area contributed by atoms with Gasteiger partial charge >= 0.3 is 5.97 Å². The Balaban J connectivity index is 1.97. The molecule has 3 heteroatoms. The molecular weight excluding hydrogens is 214 g/mol. The van der Waals surface area contributed by atoms with Gasteiger partial charge in [0.25, 0.3) is 0 Å². The third kappa shape index (κ3) is 1.82. The first-order chi connectivity index (χ1) is 8.24. The van der Waals surface area contributed by atoms with Gasteiger partial charge in [0.1, 0.15) is 0 Å². The van der Waals surface area contributed by atoms with E-state index in [-0.39, 0.29) is 0 Å². The highest BCUT2D eigenvalue weighted by Gasteiger charge is 2.23. The molecule has 2 aromatic rings. The number of fused-ring (bicyclic) bond motifs is 3. The smallest absolute Gasteiger partial charge is 0.303 e. The van der Waals surface area contributed by atoms with Crippen molar-refractivity contribution in [1.82, 2.24) is 4.98 Å². The van der Waals surface area contributed by atoms with E-state index in [9.17, 15) is 4.79 Å². The van der Waals surface area contributed by atoms with Crippen LogP contribution in [0.1, 0.15) is 24.1 Å². The maximum atomic E-state index is 10.8. The molecule has 0 radical (unpaired) electrons. The molecule has 2 N–H and O–H groups in total. The number of hydrogen-bond acceptors (Lipinski definition) is 1. The maximum Gasteiger partial charge on any atom is 0.303 e. The van der Waals surface area contributed by atoms with E-state index in [2.05, 4.69) is 17.1 Å². The topological polar surface area (TPSA) is 53.1 Å². The predicted molar refractivity (Wildman–Crippen MR) is 66.1 cm³/mol. The van der Waals surface area contributed by atoms with Crippen molar-refractivity contribution < 1.29 is 9.90 Å². The van der Waals surface area contributed by atoms with Crippen LogP contribution in [0.15, 0.2) is 24.3 Å². The minimum Gasteiger partial charge on any atom is -0.481 e. The van der Waals surface area contributed by atoms with Gasteiger partial charge in [0.2, 0.25) is 0 Å². The van der Waals surface area contributed by atoms with Crippen LogP contribution in [0.3, 0.4) is 0 Å². The van der Waals surface area contributed by atoms with Crippen LogP contribution < -0.4 is 0 Å². The van der Waals surface area contributed by atoms with E-state index >= 15 is 0 Å². The SMILES string of the molecule is O=C(O)C[C@H]1CCc2[nH]c3ccccc3c2C1. The second kappa shape index (κ2) is 3.91. The number of benzene rings is 1. The van der Waals surface area contributed by atoms with Crippen LogP contribution >= 0.6 is 0 Å². The van der Waals surface area contributed by atoms with Crippen LogP contribution in [0.25, 0.3) is 10.9 Å². The number of para-hydroxylation sites is 1. The number of hydrogen-bond donors (Lipinski definition) is 2. The molecule has 0 unspecified atom stereocenters. The number of carbonyl (C=O) groups is 1. The van der Waals surface area contributed by atoms with E-state index in [0.717, 1.165) is 19.3 Å². The molecule has 1 atom stereocenters. The van der Waals surface area contributed by atoms with Crippen molar-refractivity contribution in [3.63, 3.8) is 0 Å². The summed E-state index contributed by atoms with van der Waals surface area (Å²) in [6.07, 6.45) is 3.14. The molecule has 17 heavy (non-hydrogen) atoms. The molecule has 3 nitrogen and oxygen atoms in total. The molecule has 1 heterocycles. The summed E-state index contributed by atoms with van der Waals surface area (Å²) in [5.41, 5.74) is 3.81. The zero-order valence-corrected chi connectivity index (χ0v) is 9.57. The Morgan fingerprint density at radius 2 is 2.24 bits per heavy atom. The second-order valence-corrected chi connectivity index (χ2v) is 4.83. The molecule has 3 rings (SSSR count). The first-order valence-electron chi connectivity index (χ1n) is 6.04. The standard InChI is InChI=1S/C14H15NO2/c16-14(17)8-9-5-6-13-11(7-9)10-3-1-2-4-12(10)15-13/h1-4,9,15H,5-8H2,(H,16,17)/t9-/m0/s1. The van der Waals surface area contributed by atoms with Crippen molar-refractivity contribution in [1.29, 1.82) is 0 Å². The summed E-state index contributed by atoms with van der Waals surface area (Å²) < 4.78 is 0. The molecule has 1 aliphatic carbocycles. The fourth-order valence-corrected chi connectivity index (χ4v) is 2.86. The molecule has 1 aromatic heterocycles. The van der Waals surface area contributed by atoms with Gasteiger partial charge in [-0.2, -0.15) is 0 Å². The van der Waals surface area contributed by atoms with Crippen molar-refractivity contribution in [2.45, 2.75) is 25.7 Å². The van der Waals surface area contributed by atoms with Crippen molar-refractivity contribution in [3.8, 4) is 0 Å². The predicted octanol–water partition coefficient (Wildman–Crippen LogP) is 2.75. The van der Waals surface area contributed by atoms with E-state index in [1.807, 2.05) is 12.1 Å². The maximum absolute atomic E-state index is 10.8. The number of H-pyrrole nitrogens is 1. The summed E-state index contributed by atoms with van der Waals surface area (Å²) in [5, 5.41) is 10.1. The number of aromatic nitrogens is 1. The van der Waals surface area contributed by atoms with Crippen LogP contribution in [0.5, 0.6) is 0 Å². The Morgan fingerprint density at radius 1 is 1.41 bits per heavy atom. The lowest BCUT2D eigenvalue weighted by molar-refractivity contribution is -0.138. The summed E-state index contributed by atoms with van der Waals surface area (Å²) in [6, 6.07) is 8.27. The van der Waals surface area contributed by atoms with E-state index in [1.165, 1.54) is 22.2 Å². The van der Waals surface area contributed by atoms with Gasteiger partial charge in [-0.3, -0.25) is 4.79 Å². The monoisotopic (exact) mass is 229 g/mol. The van der Waals surface area contributed by atoms with Crippen LogP contribution in [0.4, 0.5) is 0 Å². The summed E-state index contributed by atoms with van der Waals surface area (Å²) in [5.74, 6) is -0.391. The minimum atomic E-state index is -0.682. The van der Waals surface area contributed by atoms with E-state index in [0.29, 0.717) is 12.3 Å². The molecule has 0 bridgehead atoms. The highest BCUT2D eigenvalue weighted by Crippen LogP contribution is 2.32. The normalized spacial score (nSPS) is 19.2. The van der Waals surface area contributed by atoms with Crippen LogP contribution in [-0.2, 0) is 17.6 Å². The quantitative estimate of drug-likeness (QED) is 0.832. The number of carboxylic acids is 1. The van der Waals surface area contributed by atoms with Gasteiger partial charge in [0, 0.05) is 23.0 Å². The summed E-state index contributed by atoms with van der Waals surface area (Å²) >= 11 is 0. The summed E-state index contributed by atoms with van der Waals surface area (Å²) in [6.45, 7) is 0. The lowest BCUT2D eigenvalue weighted by Crippen LogP contribution is -2.16. The third-order valence-electron chi connectivity index (χ3n) is 3.66.